The highest BCUT2D eigenvalue weighted by atomic mass is 15.2. The summed E-state index contributed by atoms with van der Waals surface area (Å²) in [6.07, 6.45) is 3.66. The molecule has 0 saturated carbocycles. The fourth-order valence-electron chi connectivity index (χ4n) is 1.76. The number of nitrogens with zero attached hydrogens (tertiary/aromatic N) is 3. The first kappa shape index (κ1) is 9.94. The fraction of sp³-hybridized carbons (Fsp3) is 0.455. The summed E-state index contributed by atoms with van der Waals surface area (Å²) in [5.74, 6) is 0.953. The average Bonchev–Trinajstić information content (AvgIpc) is 2.30. The lowest BCUT2D eigenvalue weighted by Crippen LogP contribution is -2.39. The summed E-state index contributed by atoms with van der Waals surface area (Å²) >= 11 is 0. The maximum absolute atomic E-state index is 6.84. The van der Waals surface area contributed by atoms with E-state index >= 15 is 0 Å². The molecular formula is C11H14N4. The number of pyridine rings is 1. The van der Waals surface area contributed by atoms with Gasteiger partial charge in [-0.2, -0.15) is 0 Å². The molecule has 2 rings (SSSR count). The van der Waals surface area contributed by atoms with Crippen LogP contribution in [-0.4, -0.2) is 24.1 Å². The molecule has 0 aromatic carbocycles. The van der Waals surface area contributed by atoms with Crippen molar-refractivity contribution in [1.82, 2.24) is 4.98 Å². The smallest absolute Gasteiger partial charge is 0.205 e. The van der Waals surface area contributed by atoms with Crippen LogP contribution in [0.4, 0.5) is 11.5 Å². The molecule has 0 bridgehead atoms. The largest absolute Gasteiger partial charge is 0.357 e. The van der Waals surface area contributed by atoms with E-state index in [1.165, 1.54) is 0 Å². The first-order chi connectivity index (χ1) is 7.29. The molecule has 1 aromatic heterocycles. The van der Waals surface area contributed by atoms with Gasteiger partial charge in [-0.1, -0.05) is 6.07 Å². The van der Waals surface area contributed by atoms with E-state index in [2.05, 4.69) is 14.7 Å². The van der Waals surface area contributed by atoms with Gasteiger partial charge in [-0.3, -0.25) is 4.98 Å². The van der Waals surface area contributed by atoms with E-state index in [1.807, 2.05) is 12.1 Å². The van der Waals surface area contributed by atoms with Gasteiger partial charge >= 0.3 is 0 Å². The van der Waals surface area contributed by atoms with Crippen molar-refractivity contribution < 1.29 is 0 Å². The molecule has 78 valence electrons. The van der Waals surface area contributed by atoms with E-state index in [9.17, 15) is 0 Å². The van der Waals surface area contributed by atoms with Crippen molar-refractivity contribution in [2.45, 2.75) is 18.9 Å². The van der Waals surface area contributed by atoms with Gasteiger partial charge in [-0.15, -0.1) is 0 Å². The molecule has 0 radical (unpaired) electrons. The standard InChI is InChI=1S/C11H14N4/c1-13-10-2-3-11(14-8-10)15-6-4-9(12)5-7-15/h2-3,8-9H,4-7,12H2. The van der Waals surface area contributed by atoms with Crippen molar-refractivity contribution in [2.24, 2.45) is 5.73 Å². The fourth-order valence-corrected chi connectivity index (χ4v) is 1.76. The monoisotopic (exact) mass is 202 g/mol. The molecule has 4 heteroatoms. The van der Waals surface area contributed by atoms with Gasteiger partial charge in [0.1, 0.15) is 5.82 Å². The Labute approximate surface area is 89.5 Å². The summed E-state index contributed by atoms with van der Waals surface area (Å²) in [6, 6.07) is 4.05. The zero-order valence-electron chi connectivity index (χ0n) is 8.56. The lowest BCUT2D eigenvalue weighted by atomic mass is 10.1. The van der Waals surface area contributed by atoms with Crippen LogP contribution in [0.15, 0.2) is 18.3 Å². The van der Waals surface area contributed by atoms with Gasteiger partial charge in [-0.05, 0) is 18.9 Å². The Morgan fingerprint density at radius 1 is 1.40 bits per heavy atom. The highest BCUT2D eigenvalue weighted by Gasteiger charge is 2.16. The Bertz CT molecular complexity index is 357. The molecule has 15 heavy (non-hydrogen) atoms. The third kappa shape index (κ3) is 2.25. The minimum Gasteiger partial charge on any atom is -0.357 e. The predicted octanol–water partition coefficient (Wildman–Crippen LogP) is 1.56. The maximum Gasteiger partial charge on any atom is 0.205 e. The van der Waals surface area contributed by atoms with Gasteiger partial charge in [0.05, 0.1) is 6.57 Å². The molecule has 1 aliphatic rings. The zero-order valence-corrected chi connectivity index (χ0v) is 8.56. The highest BCUT2D eigenvalue weighted by molar-refractivity contribution is 5.49. The summed E-state index contributed by atoms with van der Waals surface area (Å²) in [5, 5.41) is 0. The molecule has 2 heterocycles. The lowest BCUT2D eigenvalue weighted by molar-refractivity contribution is 0.499. The van der Waals surface area contributed by atoms with Crippen LogP contribution < -0.4 is 10.6 Å². The number of rotatable bonds is 1. The molecular weight excluding hydrogens is 188 g/mol. The molecule has 1 aromatic rings. The van der Waals surface area contributed by atoms with Crippen molar-refractivity contribution in [2.75, 3.05) is 18.0 Å². The highest BCUT2D eigenvalue weighted by Crippen LogP contribution is 2.19. The molecule has 2 N–H and O–H groups in total. The molecule has 0 unspecified atom stereocenters. The quantitative estimate of drug-likeness (QED) is 0.703. The second-order valence-corrected chi connectivity index (χ2v) is 3.81. The summed E-state index contributed by atoms with van der Waals surface area (Å²) < 4.78 is 0. The summed E-state index contributed by atoms with van der Waals surface area (Å²) in [7, 11) is 0. The van der Waals surface area contributed by atoms with Crippen LogP contribution in [0.25, 0.3) is 4.85 Å². The Hall–Kier alpha value is -1.60. The van der Waals surface area contributed by atoms with E-state index in [4.69, 9.17) is 12.3 Å². The lowest BCUT2D eigenvalue weighted by Gasteiger charge is -2.31. The average molecular weight is 202 g/mol. The molecule has 0 amide bonds. The maximum atomic E-state index is 6.84. The van der Waals surface area contributed by atoms with Gasteiger partial charge < -0.3 is 10.6 Å². The first-order valence-electron chi connectivity index (χ1n) is 5.13. The van der Waals surface area contributed by atoms with E-state index in [0.29, 0.717) is 11.7 Å². The van der Waals surface area contributed by atoms with Crippen molar-refractivity contribution in [3.8, 4) is 0 Å². The normalized spacial score (nSPS) is 17.5. The molecule has 4 nitrogen and oxygen atoms in total. The zero-order chi connectivity index (χ0) is 10.7. The minimum atomic E-state index is 0.337. The molecule has 0 aliphatic carbocycles. The van der Waals surface area contributed by atoms with Crippen LogP contribution in [0, 0.1) is 6.57 Å². The van der Waals surface area contributed by atoms with E-state index in [-0.39, 0.29) is 0 Å². The predicted molar refractivity (Wildman–Crippen MR) is 59.9 cm³/mol. The van der Waals surface area contributed by atoms with Crippen molar-refractivity contribution in [3.63, 3.8) is 0 Å². The molecule has 0 atom stereocenters. The summed E-state index contributed by atoms with van der Waals surface area (Å²) in [4.78, 5) is 9.81. The topological polar surface area (TPSA) is 46.5 Å². The SMILES string of the molecule is [C-]#[N+]c1ccc(N2CCC(N)CC2)nc1. The molecule has 0 spiro atoms. The number of hydrogen-bond acceptors (Lipinski definition) is 3. The third-order valence-electron chi connectivity index (χ3n) is 2.72. The number of nitrogens with two attached hydrogens (primary N) is 1. The summed E-state index contributed by atoms with van der Waals surface area (Å²) in [6.45, 7) is 8.77. The van der Waals surface area contributed by atoms with Crippen LogP contribution in [0.2, 0.25) is 0 Å². The van der Waals surface area contributed by atoms with Gasteiger partial charge in [0, 0.05) is 25.3 Å². The molecule has 1 saturated heterocycles. The minimum absolute atomic E-state index is 0.337. The van der Waals surface area contributed by atoms with Gasteiger partial charge in [0.2, 0.25) is 5.69 Å². The van der Waals surface area contributed by atoms with Crippen LogP contribution >= 0.6 is 0 Å². The van der Waals surface area contributed by atoms with Gasteiger partial charge in [0.25, 0.3) is 0 Å². The second-order valence-electron chi connectivity index (χ2n) is 3.81. The van der Waals surface area contributed by atoms with Crippen LogP contribution in [-0.2, 0) is 0 Å². The number of hydrogen-bond donors (Lipinski definition) is 1. The van der Waals surface area contributed by atoms with Gasteiger partial charge in [0.15, 0.2) is 0 Å². The molecule has 1 fully saturated rings. The summed E-state index contributed by atoms with van der Waals surface area (Å²) in [5.41, 5.74) is 6.42. The number of anilines is 1. The van der Waals surface area contributed by atoms with Crippen LogP contribution in [0.5, 0.6) is 0 Å². The van der Waals surface area contributed by atoms with Crippen molar-refractivity contribution in [3.05, 3.63) is 29.7 Å². The van der Waals surface area contributed by atoms with Crippen LogP contribution in [0.3, 0.4) is 0 Å². The Morgan fingerprint density at radius 3 is 2.67 bits per heavy atom. The van der Waals surface area contributed by atoms with E-state index in [1.54, 1.807) is 6.20 Å². The van der Waals surface area contributed by atoms with Gasteiger partial charge in [-0.25, -0.2) is 4.85 Å². The van der Waals surface area contributed by atoms with Crippen LogP contribution in [0.1, 0.15) is 12.8 Å². The molecule has 1 aliphatic heterocycles. The Kier molecular flexibility index (Phi) is 2.84. The number of aromatic nitrogens is 1. The Balaban J connectivity index is 2.07. The van der Waals surface area contributed by atoms with Crippen molar-refractivity contribution in [1.29, 1.82) is 0 Å². The number of piperidine rings is 1. The first-order valence-corrected chi connectivity index (χ1v) is 5.13. The third-order valence-corrected chi connectivity index (χ3v) is 2.72. The van der Waals surface area contributed by atoms with E-state index < -0.39 is 0 Å². The Morgan fingerprint density at radius 2 is 2.13 bits per heavy atom. The second kappa shape index (κ2) is 4.28. The van der Waals surface area contributed by atoms with Crippen molar-refractivity contribution >= 4 is 11.5 Å². The van der Waals surface area contributed by atoms with E-state index in [0.717, 1.165) is 31.7 Å².